The molecule has 0 spiro atoms. The molecule has 3 heteroatoms. The van der Waals surface area contributed by atoms with E-state index in [1.807, 2.05) is 11.3 Å². The molecule has 0 fully saturated rings. The van der Waals surface area contributed by atoms with Crippen molar-refractivity contribution in [2.45, 2.75) is 0 Å². The third-order valence-corrected chi connectivity index (χ3v) is 12.3. The molecule has 0 radical (unpaired) electrons. The summed E-state index contributed by atoms with van der Waals surface area (Å²) in [6.07, 6.45) is 0. The van der Waals surface area contributed by atoms with Crippen LogP contribution in [0.3, 0.4) is 0 Å². The number of benzene rings is 9. The van der Waals surface area contributed by atoms with Gasteiger partial charge >= 0.3 is 0 Å². The van der Waals surface area contributed by atoms with Gasteiger partial charge in [-0.1, -0.05) is 182 Å². The Morgan fingerprint density at radius 1 is 0.298 bits per heavy atom. The summed E-state index contributed by atoms with van der Waals surface area (Å²) in [4.78, 5) is 11.7. The lowest BCUT2D eigenvalue weighted by molar-refractivity contribution is 1.18. The standard InChI is InChI=1S/C54H34N2S/c1-2-10-35(11-3-1)36-18-20-38(21-19-36)49-34-50(39-22-24-40(25-23-39)52-33-44-14-6-9-17-51(44)57-52)56-54(55-49)42-28-26-41(27-29-42)53-46-16-8-5-13-43(46)32-48-45-15-7-4-12-37(45)30-31-47(48)53/h1-34H. The van der Waals surface area contributed by atoms with E-state index in [9.17, 15) is 0 Å². The number of rotatable bonds is 6. The lowest BCUT2D eigenvalue weighted by Gasteiger charge is -2.15. The summed E-state index contributed by atoms with van der Waals surface area (Å²) in [6.45, 7) is 0. The summed E-state index contributed by atoms with van der Waals surface area (Å²) in [5.41, 5.74) is 10.8. The van der Waals surface area contributed by atoms with Crippen LogP contribution < -0.4 is 0 Å². The molecule has 9 aromatic carbocycles. The van der Waals surface area contributed by atoms with Crippen LogP contribution in [0.2, 0.25) is 0 Å². The van der Waals surface area contributed by atoms with Gasteiger partial charge in [0, 0.05) is 26.3 Å². The number of hydrogen-bond acceptors (Lipinski definition) is 3. The van der Waals surface area contributed by atoms with Crippen molar-refractivity contribution in [3.8, 4) is 66.6 Å². The fraction of sp³-hybridized carbons (Fsp3) is 0. The first-order chi connectivity index (χ1) is 28.2. The highest BCUT2D eigenvalue weighted by Crippen LogP contribution is 2.40. The zero-order valence-electron chi connectivity index (χ0n) is 30.9. The largest absolute Gasteiger partial charge is 0.228 e. The first-order valence-electron chi connectivity index (χ1n) is 19.3. The van der Waals surface area contributed by atoms with E-state index in [0.717, 1.165) is 28.1 Å². The summed E-state index contributed by atoms with van der Waals surface area (Å²) in [6, 6.07) is 74.0. The van der Waals surface area contributed by atoms with Gasteiger partial charge in [0.05, 0.1) is 11.4 Å². The highest BCUT2D eigenvalue weighted by Gasteiger charge is 2.15. The van der Waals surface area contributed by atoms with Crippen molar-refractivity contribution in [2.75, 3.05) is 0 Å². The van der Waals surface area contributed by atoms with Gasteiger partial charge in [-0.15, -0.1) is 11.3 Å². The van der Waals surface area contributed by atoms with Crippen LogP contribution in [-0.4, -0.2) is 9.97 Å². The van der Waals surface area contributed by atoms with E-state index in [1.165, 1.54) is 75.1 Å². The van der Waals surface area contributed by atoms with Crippen molar-refractivity contribution in [2.24, 2.45) is 0 Å². The number of hydrogen-bond donors (Lipinski definition) is 0. The van der Waals surface area contributed by atoms with Crippen LogP contribution in [0.1, 0.15) is 0 Å². The normalized spacial score (nSPS) is 11.5. The van der Waals surface area contributed by atoms with Gasteiger partial charge in [0.25, 0.3) is 0 Å². The van der Waals surface area contributed by atoms with Crippen LogP contribution in [0.5, 0.6) is 0 Å². The molecular formula is C54H34N2S. The monoisotopic (exact) mass is 742 g/mol. The van der Waals surface area contributed by atoms with Gasteiger partial charge in [0.1, 0.15) is 0 Å². The Morgan fingerprint density at radius 3 is 1.56 bits per heavy atom. The van der Waals surface area contributed by atoms with Crippen LogP contribution in [0.25, 0.3) is 109 Å². The van der Waals surface area contributed by atoms with Crippen LogP contribution in [0.4, 0.5) is 0 Å². The van der Waals surface area contributed by atoms with Gasteiger partial charge in [-0.25, -0.2) is 9.97 Å². The molecule has 266 valence electrons. The van der Waals surface area contributed by atoms with Crippen molar-refractivity contribution < 1.29 is 0 Å². The summed E-state index contributed by atoms with van der Waals surface area (Å²) in [7, 11) is 0. The van der Waals surface area contributed by atoms with Crippen LogP contribution in [0.15, 0.2) is 206 Å². The van der Waals surface area contributed by atoms with Gasteiger partial charge in [-0.2, -0.15) is 0 Å². The molecule has 57 heavy (non-hydrogen) atoms. The average molecular weight is 743 g/mol. The van der Waals surface area contributed by atoms with Gasteiger partial charge < -0.3 is 0 Å². The molecule has 0 atom stereocenters. The first kappa shape index (κ1) is 33.2. The molecule has 0 unspecified atom stereocenters. The van der Waals surface area contributed by atoms with Crippen LogP contribution in [0, 0.1) is 0 Å². The highest BCUT2D eigenvalue weighted by atomic mass is 32.1. The molecule has 0 N–H and O–H groups in total. The fourth-order valence-corrected chi connectivity index (χ4v) is 9.25. The van der Waals surface area contributed by atoms with E-state index >= 15 is 0 Å². The molecule has 0 bridgehead atoms. The summed E-state index contributed by atoms with van der Waals surface area (Å²) in [5.74, 6) is 0.698. The molecule has 0 amide bonds. The van der Waals surface area contributed by atoms with Gasteiger partial charge in [0.15, 0.2) is 5.82 Å². The minimum Gasteiger partial charge on any atom is -0.228 e. The van der Waals surface area contributed by atoms with Crippen molar-refractivity contribution in [1.29, 1.82) is 0 Å². The lowest BCUT2D eigenvalue weighted by atomic mass is 9.89. The third kappa shape index (κ3) is 6.06. The number of thiophene rings is 1. The zero-order valence-corrected chi connectivity index (χ0v) is 31.7. The molecule has 0 saturated carbocycles. The Morgan fingerprint density at radius 2 is 0.842 bits per heavy atom. The molecule has 0 saturated heterocycles. The molecular weight excluding hydrogens is 709 g/mol. The first-order valence-corrected chi connectivity index (χ1v) is 20.1. The maximum atomic E-state index is 5.23. The van der Waals surface area contributed by atoms with E-state index in [4.69, 9.17) is 9.97 Å². The fourth-order valence-electron chi connectivity index (χ4n) is 8.18. The Hall–Kier alpha value is -7.20. The summed E-state index contributed by atoms with van der Waals surface area (Å²) < 4.78 is 1.30. The van der Waals surface area contributed by atoms with Gasteiger partial charge in [-0.05, 0) is 89.8 Å². The van der Waals surface area contributed by atoms with Crippen molar-refractivity contribution in [3.05, 3.63) is 206 Å². The number of fused-ring (bicyclic) bond motifs is 5. The Labute approximate surface area is 335 Å². The van der Waals surface area contributed by atoms with Crippen LogP contribution in [-0.2, 0) is 0 Å². The second kappa shape index (κ2) is 13.8. The quantitative estimate of drug-likeness (QED) is 0.125. The Kier molecular flexibility index (Phi) is 8.04. The van der Waals surface area contributed by atoms with E-state index in [1.54, 1.807) is 0 Å². The molecule has 2 nitrogen and oxygen atoms in total. The van der Waals surface area contributed by atoms with Crippen LogP contribution >= 0.6 is 11.3 Å². The SMILES string of the molecule is c1ccc(-c2ccc(-c3cc(-c4ccc(-c5cc6ccccc6s5)cc4)nc(-c4ccc(-c5c6ccccc6cc6c5ccc5ccccc56)cc4)n3)cc2)cc1. The van der Waals surface area contributed by atoms with Gasteiger partial charge in [0.2, 0.25) is 0 Å². The number of nitrogens with zero attached hydrogens (tertiary/aromatic N) is 2. The van der Waals surface area contributed by atoms with E-state index < -0.39 is 0 Å². The lowest BCUT2D eigenvalue weighted by Crippen LogP contribution is -1.96. The minimum absolute atomic E-state index is 0.698. The predicted octanol–water partition coefficient (Wildman–Crippen LogP) is 15.2. The van der Waals surface area contributed by atoms with E-state index in [0.29, 0.717) is 5.82 Å². The molecule has 11 aromatic rings. The average Bonchev–Trinajstić information content (AvgIpc) is 3.73. The summed E-state index contributed by atoms with van der Waals surface area (Å²) >= 11 is 1.83. The maximum Gasteiger partial charge on any atom is 0.160 e. The molecule has 2 heterocycles. The maximum absolute atomic E-state index is 5.23. The molecule has 0 aliphatic rings. The van der Waals surface area contributed by atoms with E-state index in [2.05, 4.69) is 206 Å². The second-order valence-electron chi connectivity index (χ2n) is 14.6. The highest BCUT2D eigenvalue weighted by molar-refractivity contribution is 7.22. The van der Waals surface area contributed by atoms with Crippen molar-refractivity contribution in [1.82, 2.24) is 9.97 Å². The van der Waals surface area contributed by atoms with Crippen molar-refractivity contribution >= 4 is 53.7 Å². The third-order valence-electron chi connectivity index (χ3n) is 11.1. The van der Waals surface area contributed by atoms with E-state index in [-0.39, 0.29) is 0 Å². The molecule has 0 aliphatic heterocycles. The van der Waals surface area contributed by atoms with Crippen molar-refractivity contribution in [3.63, 3.8) is 0 Å². The predicted molar refractivity (Wildman–Crippen MR) is 243 cm³/mol. The summed E-state index contributed by atoms with van der Waals surface area (Å²) in [5, 5.41) is 8.79. The molecule has 2 aromatic heterocycles. The topological polar surface area (TPSA) is 25.8 Å². The Balaban J connectivity index is 1.02. The number of aromatic nitrogens is 2. The minimum atomic E-state index is 0.698. The molecule has 0 aliphatic carbocycles. The smallest absolute Gasteiger partial charge is 0.160 e. The van der Waals surface area contributed by atoms with Gasteiger partial charge in [-0.3, -0.25) is 0 Å². The zero-order chi connectivity index (χ0) is 37.7. The second-order valence-corrected chi connectivity index (χ2v) is 15.6. The molecule has 11 rings (SSSR count). The Bertz CT molecular complexity index is 3220.